The summed E-state index contributed by atoms with van der Waals surface area (Å²) in [7, 11) is 0. The van der Waals surface area contributed by atoms with Crippen LogP contribution >= 0.6 is 0 Å². The molecule has 0 radical (unpaired) electrons. The summed E-state index contributed by atoms with van der Waals surface area (Å²) in [6.07, 6.45) is -11.5. The molecule has 0 spiro atoms. The third-order valence-electron chi connectivity index (χ3n) is 2.40. The van der Waals surface area contributed by atoms with E-state index in [1.807, 2.05) is 0 Å². The lowest BCUT2D eigenvalue weighted by Crippen LogP contribution is -2.44. The van der Waals surface area contributed by atoms with Crippen LogP contribution in [0.5, 0.6) is 0 Å². The van der Waals surface area contributed by atoms with Crippen LogP contribution in [0.15, 0.2) is 18.2 Å². The highest BCUT2D eigenvalue weighted by atomic mass is 19.4. The molecular formula is C10H7F8N. The van der Waals surface area contributed by atoms with Crippen molar-refractivity contribution in [3.8, 4) is 0 Å². The first-order valence-corrected chi connectivity index (χ1v) is 4.79. The molecule has 1 nitrogen and oxygen atoms in total. The van der Waals surface area contributed by atoms with Gasteiger partial charge in [-0.2, -0.15) is 26.3 Å². The average molecular weight is 293 g/mol. The van der Waals surface area contributed by atoms with E-state index in [-0.39, 0.29) is 0 Å². The van der Waals surface area contributed by atoms with Crippen LogP contribution in [0.3, 0.4) is 0 Å². The third-order valence-corrected chi connectivity index (χ3v) is 2.40. The largest absolute Gasteiger partial charge is 0.402 e. The van der Waals surface area contributed by atoms with Crippen LogP contribution in [-0.4, -0.2) is 12.4 Å². The molecule has 0 aliphatic carbocycles. The van der Waals surface area contributed by atoms with E-state index in [1.54, 1.807) is 0 Å². The van der Waals surface area contributed by atoms with Gasteiger partial charge >= 0.3 is 12.4 Å². The molecule has 0 fully saturated rings. The number of halogens is 8. The van der Waals surface area contributed by atoms with Crippen molar-refractivity contribution >= 4 is 0 Å². The molecule has 0 aliphatic heterocycles. The van der Waals surface area contributed by atoms with Gasteiger partial charge in [-0.25, -0.2) is 8.78 Å². The maximum atomic E-state index is 13.2. The van der Waals surface area contributed by atoms with Gasteiger partial charge in [-0.3, -0.25) is 0 Å². The lowest BCUT2D eigenvalue weighted by Gasteiger charge is -2.28. The molecule has 0 aliphatic rings. The van der Waals surface area contributed by atoms with E-state index in [9.17, 15) is 35.1 Å². The van der Waals surface area contributed by atoms with Crippen LogP contribution in [0.2, 0.25) is 0 Å². The SMILES string of the molecule is NC(c1c(F)cccc1F)C(C(F)(F)F)C(F)(F)F. The van der Waals surface area contributed by atoms with Gasteiger partial charge in [0, 0.05) is 5.56 Å². The zero-order chi connectivity index (χ0) is 15.0. The molecule has 0 saturated carbocycles. The smallest absolute Gasteiger partial charge is 0.323 e. The van der Waals surface area contributed by atoms with Gasteiger partial charge in [0.1, 0.15) is 11.6 Å². The monoisotopic (exact) mass is 293 g/mol. The topological polar surface area (TPSA) is 26.0 Å². The minimum atomic E-state index is -5.77. The summed E-state index contributed by atoms with van der Waals surface area (Å²) in [6, 6.07) is -1.05. The zero-order valence-electron chi connectivity index (χ0n) is 8.99. The molecule has 19 heavy (non-hydrogen) atoms. The maximum Gasteiger partial charge on any atom is 0.402 e. The third kappa shape index (κ3) is 3.34. The summed E-state index contributed by atoms with van der Waals surface area (Å²) in [4.78, 5) is 0. The van der Waals surface area contributed by atoms with Gasteiger partial charge in [0.2, 0.25) is 0 Å². The second-order valence-electron chi connectivity index (χ2n) is 3.72. The fraction of sp³-hybridized carbons (Fsp3) is 0.400. The lowest BCUT2D eigenvalue weighted by atomic mass is 9.92. The Labute approximate surface area is 102 Å². The normalized spacial score (nSPS) is 14.8. The molecule has 0 bridgehead atoms. The molecule has 1 aromatic rings. The Bertz CT molecular complexity index is 416. The van der Waals surface area contributed by atoms with Crippen molar-refractivity contribution in [1.29, 1.82) is 0 Å². The van der Waals surface area contributed by atoms with Crippen molar-refractivity contribution < 1.29 is 35.1 Å². The van der Waals surface area contributed by atoms with Gasteiger partial charge in [0.25, 0.3) is 0 Å². The molecule has 1 aromatic carbocycles. The Morgan fingerprint density at radius 3 is 1.53 bits per heavy atom. The van der Waals surface area contributed by atoms with E-state index in [4.69, 9.17) is 5.73 Å². The number of benzene rings is 1. The van der Waals surface area contributed by atoms with E-state index < -0.39 is 41.5 Å². The van der Waals surface area contributed by atoms with E-state index in [0.29, 0.717) is 12.1 Å². The summed E-state index contributed by atoms with van der Waals surface area (Å²) in [5.41, 5.74) is 3.35. The first-order valence-electron chi connectivity index (χ1n) is 4.79. The maximum absolute atomic E-state index is 13.2. The minimum absolute atomic E-state index is 0.530. The Morgan fingerprint density at radius 1 is 0.842 bits per heavy atom. The first-order chi connectivity index (χ1) is 8.46. The van der Waals surface area contributed by atoms with Gasteiger partial charge in [0.15, 0.2) is 5.92 Å². The molecule has 0 heterocycles. The number of nitrogens with two attached hydrogens (primary N) is 1. The van der Waals surface area contributed by atoms with E-state index in [2.05, 4.69) is 0 Å². The molecule has 0 amide bonds. The highest BCUT2D eigenvalue weighted by Gasteiger charge is 2.60. The second kappa shape index (κ2) is 4.95. The van der Waals surface area contributed by atoms with Crippen molar-refractivity contribution in [2.75, 3.05) is 0 Å². The molecule has 0 saturated heterocycles. The predicted molar refractivity (Wildman–Crippen MR) is 48.9 cm³/mol. The van der Waals surface area contributed by atoms with Gasteiger partial charge < -0.3 is 5.73 Å². The van der Waals surface area contributed by atoms with Crippen LogP contribution in [0.25, 0.3) is 0 Å². The van der Waals surface area contributed by atoms with Gasteiger partial charge in [-0.1, -0.05) is 6.07 Å². The van der Waals surface area contributed by atoms with Crippen molar-refractivity contribution in [2.24, 2.45) is 11.7 Å². The molecule has 1 rings (SSSR count). The van der Waals surface area contributed by atoms with Crippen LogP contribution < -0.4 is 5.73 Å². The van der Waals surface area contributed by atoms with Crippen LogP contribution in [0.1, 0.15) is 11.6 Å². The second-order valence-corrected chi connectivity index (χ2v) is 3.72. The molecule has 9 heteroatoms. The van der Waals surface area contributed by atoms with Crippen molar-refractivity contribution in [3.63, 3.8) is 0 Å². The fourth-order valence-electron chi connectivity index (χ4n) is 1.59. The number of alkyl halides is 6. The van der Waals surface area contributed by atoms with Crippen LogP contribution in [-0.2, 0) is 0 Å². The van der Waals surface area contributed by atoms with Crippen molar-refractivity contribution in [3.05, 3.63) is 35.4 Å². The molecule has 2 N–H and O–H groups in total. The molecule has 1 atom stereocenters. The number of hydrogen-bond acceptors (Lipinski definition) is 1. The number of hydrogen-bond donors (Lipinski definition) is 1. The van der Waals surface area contributed by atoms with E-state index >= 15 is 0 Å². The number of rotatable bonds is 2. The molecule has 1 unspecified atom stereocenters. The Morgan fingerprint density at radius 2 is 1.21 bits per heavy atom. The summed E-state index contributed by atoms with van der Waals surface area (Å²) in [6.45, 7) is 0. The van der Waals surface area contributed by atoms with E-state index in [1.165, 1.54) is 0 Å². The summed E-state index contributed by atoms with van der Waals surface area (Å²) in [5.74, 6) is -7.18. The standard InChI is InChI=1S/C10H7F8N/c11-4-2-1-3-5(12)6(4)7(19)8(9(13,14)15)10(16,17)18/h1-3,7-8H,19H2. The van der Waals surface area contributed by atoms with Crippen LogP contribution in [0.4, 0.5) is 35.1 Å². The average Bonchev–Trinajstić information content (AvgIpc) is 2.11. The van der Waals surface area contributed by atoms with Gasteiger partial charge in [-0.15, -0.1) is 0 Å². The minimum Gasteiger partial charge on any atom is -0.323 e. The zero-order valence-corrected chi connectivity index (χ0v) is 8.99. The Balaban J connectivity index is 3.33. The Hall–Kier alpha value is -1.38. The van der Waals surface area contributed by atoms with Crippen molar-refractivity contribution in [2.45, 2.75) is 18.4 Å². The van der Waals surface area contributed by atoms with E-state index in [0.717, 1.165) is 6.07 Å². The van der Waals surface area contributed by atoms with Crippen LogP contribution in [0, 0.1) is 17.6 Å². The molecular weight excluding hydrogens is 286 g/mol. The molecule has 108 valence electrons. The summed E-state index contributed by atoms with van der Waals surface area (Å²) < 4.78 is 101. The van der Waals surface area contributed by atoms with Gasteiger partial charge in [0.05, 0.1) is 6.04 Å². The summed E-state index contributed by atoms with van der Waals surface area (Å²) in [5, 5.41) is 0. The highest BCUT2D eigenvalue weighted by Crippen LogP contribution is 2.46. The fourth-order valence-corrected chi connectivity index (χ4v) is 1.59. The quantitative estimate of drug-likeness (QED) is 0.827. The van der Waals surface area contributed by atoms with Gasteiger partial charge in [-0.05, 0) is 12.1 Å². The van der Waals surface area contributed by atoms with Crippen molar-refractivity contribution in [1.82, 2.24) is 0 Å². The summed E-state index contributed by atoms with van der Waals surface area (Å²) >= 11 is 0. The highest BCUT2D eigenvalue weighted by molar-refractivity contribution is 5.24. The first kappa shape index (κ1) is 15.7. The Kier molecular flexibility index (Phi) is 4.08. The predicted octanol–water partition coefficient (Wildman–Crippen LogP) is 3.71. The molecule has 0 aromatic heterocycles. The lowest BCUT2D eigenvalue weighted by molar-refractivity contribution is -0.290.